The molecular formula is C31H40N3O4PSi. The highest BCUT2D eigenvalue weighted by Gasteiger charge is 2.52. The van der Waals surface area contributed by atoms with Crippen LogP contribution in [-0.2, 0) is 18.6 Å². The molecule has 6 rings (SSSR count). The third-order valence-corrected chi connectivity index (χ3v) is 15.2. The van der Waals surface area contributed by atoms with Crippen molar-refractivity contribution in [3.8, 4) is 0 Å². The summed E-state index contributed by atoms with van der Waals surface area (Å²) in [5, 5.41) is 5.73. The molecule has 1 amide bonds. The molecule has 6 atom stereocenters. The van der Waals surface area contributed by atoms with Crippen LogP contribution >= 0.6 is 8.53 Å². The maximum absolute atomic E-state index is 12.0. The average molecular weight is 578 g/mol. The number of rotatable bonds is 8. The third-order valence-electron chi connectivity index (χ3n) is 8.94. The summed E-state index contributed by atoms with van der Waals surface area (Å²) in [4.78, 5) is 14.0. The van der Waals surface area contributed by atoms with Gasteiger partial charge in [-0.1, -0.05) is 91.1 Å². The Hall–Kier alpha value is -2.32. The zero-order valence-corrected chi connectivity index (χ0v) is 25.6. The Morgan fingerprint density at radius 1 is 1.10 bits per heavy atom. The lowest BCUT2D eigenvalue weighted by atomic mass is 10.1. The maximum atomic E-state index is 12.0. The van der Waals surface area contributed by atoms with Gasteiger partial charge in [0, 0.05) is 30.8 Å². The molecule has 0 bridgehead atoms. The summed E-state index contributed by atoms with van der Waals surface area (Å²) in [6, 6.07) is 23.5. The molecule has 9 heteroatoms. The predicted octanol–water partition coefficient (Wildman–Crippen LogP) is 4.69. The van der Waals surface area contributed by atoms with Crippen LogP contribution in [0, 0.1) is 0 Å². The van der Waals surface area contributed by atoms with Crippen LogP contribution < -0.4 is 15.7 Å². The molecule has 3 fully saturated rings. The van der Waals surface area contributed by atoms with Gasteiger partial charge in [-0.2, -0.15) is 0 Å². The predicted molar refractivity (Wildman–Crippen MR) is 161 cm³/mol. The number of nitrogens with zero attached hydrogens (tertiary/aromatic N) is 2. The van der Waals surface area contributed by atoms with Crippen molar-refractivity contribution in [1.82, 2.24) is 14.9 Å². The molecule has 4 aliphatic heterocycles. The molecule has 0 saturated carbocycles. The van der Waals surface area contributed by atoms with E-state index in [-0.39, 0.29) is 30.4 Å². The van der Waals surface area contributed by atoms with E-state index in [2.05, 4.69) is 90.7 Å². The number of benzene rings is 2. The van der Waals surface area contributed by atoms with Crippen LogP contribution in [0.2, 0.25) is 12.6 Å². The normalized spacial score (nSPS) is 30.9. The van der Waals surface area contributed by atoms with E-state index in [1.54, 1.807) is 6.92 Å². The standard InChI is InChI=1S/C31H40N3O4PSi/c1-5-27-28(19-30(36-27)33-20-22(2)31(35)32-23(33)3)37-39-34-18-12-17-26(34)29(38-39)21-40(4,24-13-8-6-9-14-24)25-15-10-7-11-16-25/h6-11,13-16,20,26-30H,3,5,12,17-19,21H2,1-2,4H3,(H,32,35)/t26-,27+,28+,29+,30+,39-/m0/s1. The Kier molecular flexibility index (Phi) is 8.01. The molecule has 0 aliphatic carbocycles. The average Bonchev–Trinajstić information content (AvgIpc) is 3.69. The number of nitrogens with one attached hydrogen (secondary N) is 1. The fourth-order valence-electron chi connectivity index (χ4n) is 6.64. The van der Waals surface area contributed by atoms with Gasteiger partial charge in [-0.3, -0.25) is 4.79 Å². The summed E-state index contributed by atoms with van der Waals surface area (Å²) in [6.45, 7) is 11.5. The van der Waals surface area contributed by atoms with Crippen molar-refractivity contribution >= 4 is 32.9 Å². The van der Waals surface area contributed by atoms with E-state index >= 15 is 0 Å². The largest absolute Gasteiger partial charge is 0.352 e. The minimum absolute atomic E-state index is 0.0383. The molecule has 0 spiro atoms. The smallest absolute Gasteiger partial charge is 0.259 e. The van der Waals surface area contributed by atoms with Gasteiger partial charge < -0.3 is 24.0 Å². The Labute approximate surface area is 240 Å². The van der Waals surface area contributed by atoms with Crippen LogP contribution in [0.4, 0.5) is 0 Å². The molecule has 4 aliphatic rings. The number of amides is 1. The van der Waals surface area contributed by atoms with Crippen molar-refractivity contribution in [3.05, 3.63) is 84.8 Å². The molecule has 212 valence electrons. The van der Waals surface area contributed by atoms with Crippen LogP contribution in [0.15, 0.2) is 84.8 Å². The van der Waals surface area contributed by atoms with Crippen LogP contribution in [0.3, 0.4) is 0 Å². The second kappa shape index (κ2) is 11.5. The molecule has 4 heterocycles. The third kappa shape index (κ3) is 5.22. The summed E-state index contributed by atoms with van der Waals surface area (Å²) >= 11 is 0. The van der Waals surface area contributed by atoms with E-state index in [1.165, 1.54) is 16.8 Å². The highest BCUT2D eigenvalue weighted by atomic mass is 31.2. The lowest BCUT2D eigenvalue weighted by Crippen LogP contribution is -2.58. The number of hydrogen-bond acceptors (Lipinski definition) is 6. The highest BCUT2D eigenvalue weighted by Crippen LogP contribution is 2.58. The van der Waals surface area contributed by atoms with Crippen LogP contribution in [0.5, 0.6) is 0 Å². The molecule has 1 N–H and O–H groups in total. The van der Waals surface area contributed by atoms with Gasteiger partial charge in [-0.25, -0.2) is 4.67 Å². The topological polar surface area (TPSA) is 63.3 Å². The first-order chi connectivity index (χ1) is 19.4. The summed E-state index contributed by atoms with van der Waals surface area (Å²) in [7, 11) is -3.23. The first-order valence-electron chi connectivity index (χ1n) is 14.5. The van der Waals surface area contributed by atoms with Crippen LogP contribution in [0.25, 0.3) is 0 Å². The van der Waals surface area contributed by atoms with E-state index < -0.39 is 16.6 Å². The highest BCUT2D eigenvalue weighted by molar-refractivity contribution is 7.45. The quantitative estimate of drug-likeness (QED) is 0.363. The molecule has 7 nitrogen and oxygen atoms in total. The molecule has 3 saturated heterocycles. The van der Waals surface area contributed by atoms with E-state index in [4.69, 9.17) is 13.8 Å². The number of carbonyl (C=O) groups is 1. The van der Waals surface area contributed by atoms with Crippen molar-refractivity contribution in [2.24, 2.45) is 0 Å². The van der Waals surface area contributed by atoms with E-state index in [0.717, 1.165) is 25.4 Å². The van der Waals surface area contributed by atoms with Crippen LogP contribution in [-0.4, -0.2) is 60.7 Å². The zero-order chi connectivity index (χ0) is 27.9. The van der Waals surface area contributed by atoms with Gasteiger partial charge in [0.2, 0.25) is 0 Å². The first kappa shape index (κ1) is 27.8. The fourth-order valence-corrected chi connectivity index (χ4v) is 12.6. The summed E-state index contributed by atoms with van der Waals surface area (Å²) < 4.78 is 22.7. The van der Waals surface area contributed by atoms with Gasteiger partial charge in [0.15, 0.2) is 0 Å². The summed E-state index contributed by atoms with van der Waals surface area (Å²) in [5.74, 6) is 0.430. The minimum Gasteiger partial charge on any atom is -0.352 e. The van der Waals surface area contributed by atoms with Crippen molar-refractivity contribution < 1.29 is 18.6 Å². The van der Waals surface area contributed by atoms with Gasteiger partial charge in [0.05, 0.1) is 18.3 Å². The lowest BCUT2D eigenvalue weighted by molar-refractivity contribution is -0.118. The van der Waals surface area contributed by atoms with Gasteiger partial charge in [-0.15, -0.1) is 0 Å². The van der Waals surface area contributed by atoms with Gasteiger partial charge in [0.25, 0.3) is 14.4 Å². The molecule has 40 heavy (non-hydrogen) atoms. The maximum Gasteiger partial charge on any atom is 0.259 e. The van der Waals surface area contributed by atoms with E-state index in [0.29, 0.717) is 23.9 Å². The molecule has 0 radical (unpaired) electrons. The SMILES string of the molecule is C=C1NC(=O)C(C)=CN1[C@H]1C[C@@H](O[P@@]2O[C@H](C[Si](C)(c3ccccc3)c3ccccc3)[C@@H]3CCCN32)[C@@H](CC)O1. The molecule has 2 aromatic rings. The number of carbonyl (C=O) groups excluding carboxylic acids is 1. The Morgan fingerprint density at radius 3 is 2.42 bits per heavy atom. The molecule has 2 aromatic carbocycles. The number of ether oxygens (including phenoxy) is 1. The second-order valence-corrected chi connectivity index (χ2v) is 17.2. The molecular weight excluding hydrogens is 537 g/mol. The Bertz CT molecular complexity index is 1220. The van der Waals surface area contributed by atoms with Crippen LogP contribution in [0.1, 0.15) is 39.5 Å². The van der Waals surface area contributed by atoms with E-state index in [9.17, 15) is 4.79 Å². The van der Waals surface area contributed by atoms with Gasteiger partial charge in [0.1, 0.15) is 20.1 Å². The monoisotopic (exact) mass is 577 g/mol. The van der Waals surface area contributed by atoms with Gasteiger partial charge in [-0.05, 0) is 32.2 Å². The van der Waals surface area contributed by atoms with Gasteiger partial charge >= 0.3 is 0 Å². The zero-order valence-electron chi connectivity index (χ0n) is 23.7. The van der Waals surface area contributed by atoms with Crippen molar-refractivity contribution in [2.75, 3.05) is 6.54 Å². The number of fused-ring (bicyclic) bond motifs is 1. The Balaban J connectivity index is 1.20. The Morgan fingerprint density at radius 2 is 1.77 bits per heavy atom. The van der Waals surface area contributed by atoms with Crippen molar-refractivity contribution in [3.63, 3.8) is 0 Å². The van der Waals surface area contributed by atoms with E-state index in [1.807, 2.05) is 11.1 Å². The van der Waals surface area contributed by atoms with Crippen molar-refractivity contribution in [1.29, 1.82) is 0 Å². The molecule has 0 unspecified atom stereocenters. The number of hydrogen-bond donors (Lipinski definition) is 1. The minimum atomic E-state index is -2.05. The molecule has 0 aromatic heterocycles. The fraction of sp³-hybridized carbons (Fsp3) is 0.452. The summed E-state index contributed by atoms with van der Waals surface area (Å²) in [6.07, 6.45) is 5.51. The lowest BCUT2D eigenvalue weighted by Gasteiger charge is -2.32. The van der Waals surface area contributed by atoms with Crippen molar-refractivity contribution in [2.45, 2.75) is 82.7 Å². The first-order valence-corrected chi connectivity index (χ1v) is 18.3. The second-order valence-electron chi connectivity index (χ2n) is 11.6. The summed E-state index contributed by atoms with van der Waals surface area (Å²) in [5.41, 5.74) is 0.642.